The number of hydrogen-bond acceptors (Lipinski definition) is 6. The number of anilines is 1. The fourth-order valence-electron chi connectivity index (χ4n) is 2.84. The Hall–Kier alpha value is -2.87. The molecule has 0 saturated heterocycles. The number of hydrogen-bond donors (Lipinski definition) is 4. The van der Waals surface area contributed by atoms with Crippen LogP contribution in [0.3, 0.4) is 0 Å². The Bertz CT molecular complexity index is 1080. The van der Waals surface area contributed by atoms with E-state index in [4.69, 9.17) is 5.73 Å². The van der Waals surface area contributed by atoms with Crippen LogP contribution in [0.5, 0.6) is 5.88 Å². The molecule has 146 valence electrons. The number of aromatic amines is 1. The highest BCUT2D eigenvalue weighted by Gasteiger charge is 2.13. The van der Waals surface area contributed by atoms with E-state index in [9.17, 15) is 5.11 Å². The molecule has 0 fully saturated rings. The minimum Gasteiger partial charge on any atom is -0.492 e. The smallest absolute Gasteiger partial charge is 0.238 e. The van der Waals surface area contributed by atoms with Gasteiger partial charge in [-0.25, -0.2) is 9.98 Å². The zero-order valence-corrected chi connectivity index (χ0v) is 16.4. The van der Waals surface area contributed by atoms with Crippen LogP contribution in [0, 0.1) is 0 Å². The normalized spacial score (nSPS) is 13.1. The quantitative estimate of drug-likeness (QED) is 0.508. The molecule has 3 aromatic rings. The van der Waals surface area contributed by atoms with Gasteiger partial charge in [0.05, 0.1) is 17.1 Å². The fraction of sp³-hybridized carbons (Fsp3) is 0.105. The molecule has 0 unspecified atom stereocenters. The summed E-state index contributed by atoms with van der Waals surface area (Å²) in [6.07, 6.45) is 3.34. The topological polar surface area (TPSA) is 112 Å². The summed E-state index contributed by atoms with van der Waals surface area (Å²) in [4.78, 5) is 15.6. The minimum absolute atomic E-state index is 0. The number of benzene rings is 2. The molecule has 1 atom stereocenters. The number of H-pyrrole nitrogens is 1. The molecule has 1 aromatic heterocycles. The third-order valence-corrected chi connectivity index (χ3v) is 4.16. The molecule has 2 heterocycles. The van der Waals surface area contributed by atoms with E-state index in [-0.39, 0.29) is 36.7 Å². The van der Waals surface area contributed by atoms with E-state index in [2.05, 4.69) is 25.3 Å². The van der Waals surface area contributed by atoms with Gasteiger partial charge in [0.25, 0.3) is 0 Å². The first-order valence-corrected chi connectivity index (χ1v) is 8.25. The minimum atomic E-state index is -0.106. The Morgan fingerprint density at radius 3 is 2.68 bits per heavy atom. The number of halogens is 2. The number of aromatic hydroxyl groups is 1. The van der Waals surface area contributed by atoms with Crippen molar-refractivity contribution in [3.63, 3.8) is 0 Å². The molecule has 4 rings (SSSR count). The first-order valence-electron chi connectivity index (χ1n) is 8.25. The highest BCUT2D eigenvalue weighted by atomic mass is 35.5. The summed E-state index contributed by atoms with van der Waals surface area (Å²) in [5.41, 5.74) is 8.25. The Morgan fingerprint density at radius 1 is 1.14 bits per heavy atom. The molecule has 28 heavy (non-hydrogen) atoms. The second-order valence-corrected chi connectivity index (χ2v) is 5.93. The lowest BCUT2D eigenvalue weighted by molar-refractivity contribution is 0.455. The highest BCUT2D eigenvalue weighted by molar-refractivity contribution is 5.85. The molecule has 1 aliphatic heterocycles. The third-order valence-electron chi connectivity index (χ3n) is 4.16. The van der Waals surface area contributed by atoms with Crippen molar-refractivity contribution in [3.8, 4) is 5.88 Å². The lowest BCUT2D eigenvalue weighted by Gasteiger charge is -2.16. The zero-order chi connectivity index (χ0) is 17.9. The lowest BCUT2D eigenvalue weighted by Crippen LogP contribution is -2.21. The summed E-state index contributed by atoms with van der Waals surface area (Å²) < 4.78 is 0. The maximum absolute atomic E-state index is 10.1. The summed E-state index contributed by atoms with van der Waals surface area (Å²) in [6.45, 7) is 0.400. The Morgan fingerprint density at radius 2 is 1.93 bits per heavy atom. The highest BCUT2D eigenvalue weighted by Crippen LogP contribution is 2.21. The molecule has 0 amide bonds. The molecule has 9 heteroatoms. The molecule has 0 bridgehead atoms. The molecule has 7 nitrogen and oxygen atoms in total. The van der Waals surface area contributed by atoms with Gasteiger partial charge in [-0.2, -0.15) is 4.98 Å². The monoisotopic (exact) mass is 418 g/mol. The maximum atomic E-state index is 10.1. The second kappa shape index (κ2) is 9.36. The number of nitrogens with zero attached hydrogens (tertiary/aromatic N) is 3. The van der Waals surface area contributed by atoms with E-state index >= 15 is 0 Å². The molecular weight excluding hydrogens is 399 g/mol. The van der Waals surface area contributed by atoms with Crippen molar-refractivity contribution in [2.45, 2.75) is 6.04 Å². The average Bonchev–Trinajstić information content (AvgIpc) is 3.26. The number of nitrogens with two attached hydrogens (primary N) is 1. The van der Waals surface area contributed by atoms with Crippen LogP contribution in [0.25, 0.3) is 6.08 Å². The van der Waals surface area contributed by atoms with Gasteiger partial charge in [0.1, 0.15) is 12.0 Å². The van der Waals surface area contributed by atoms with E-state index in [1.807, 2.05) is 54.6 Å². The van der Waals surface area contributed by atoms with Gasteiger partial charge in [-0.3, -0.25) is 0 Å². The average molecular weight is 419 g/mol. The number of aromatic nitrogens is 2. The summed E-state index contributed by atoms with van der Waals surface area (Å²) in [7, 11) is 0. The van der Waals surface area contributed by atoms with Crippen LogP contribution in [0.2, 0.25) is 0 Å². The Balaban J connectivity index is 0.00000140. The van der Waals surface area contributed by atoms with Crippen LogP contribution in [0.1, 0.15) is 17.3 Å². The van der Waals surface area contributed by atoms with Crippen molar-refractivity contribution in [1.29, 1.82) is 0 Å². The zero-order valence-electron chi connectivity index (χ0n) is 14.7. The van der Waals surface area contributed by atoms with Crippen LogP contribution >= 0.6 is 24.8 Å². The van der Waals surface area contributed by atoms with Crippen LogP contribution in [-0.2, 0) is 0 Å². The number of nitrogens with one attached hydrogen (secondary N) is 2. The molecule has 0 radical (unpaired) electrons. The molecular formula is C19H20Cl2N6O. The van der Waals surface area contributed by atoms with Gasteiger partial charge in [-0.15, -0.1) is 24.8 Å². The molecule has 0 spiro atoms. The second-order valence-electron chi connectivity index (χ2n) is 5.93. The number of rotatable bonds is 5. The third kappa shape index (κ3) is 4.51. The van der Waals surface area contributed by atoms with E-state index in [1.165, 1.54) is 6.34 Å². The Labute approximate surface area is 174 Å². The number of aliphatic imine (C=N–C) groups is 1. The standard InChI is InChI=1S/C19H18N6O.2ClH/c20-10-17(13-4-2-1-3-5-13)24-19-23-16(18(26)25-19)9-12-6-7-14-15(8-12)22-11-21-14;;/h1-9,11,17,26H,10,20H2,(H2,23,24,25);2*1H/t17-;;/m0../s1. The number of fused-ring (bicyclic) bond motifs is 1. The van der Waals surface area contributed by atoms with Crippen molar-refractivity contribution in [1.82, 2.24) is 9.97 Å². The van der Waals surface area contributed by atoms with E-state index in [1.54, 1.807) is 0 Å². The summed E-state index contributed by atoms with van der Waals surface area (Å²) in [5, 5.41) is 15.1. The van der Waals surface area contributed by atoms with Gasteiger partial charge in [0.2, 0.25) is 11.8 Å². The Kier molecular flexibility index (Phi) is 7.17. The predicted octanol–water partition coefficient (Wildman–Crippen LogP) is 2.19. The van der Waals surface area contributed by atoms with Gasteiger partial charge in [-0.1, -0.05) is 36.4 Å². The first kappa shape index (κ1) is 21.4. The molecule has 2 aromatic carbocycles. The molecule has 1 aliphatic rings. The molecule has 5 N–H and O–H groups in total. The van der Waals surface area contributed by atoms with Crippen LogP contribution in [0.4, 0.5) is 11.6 Å². The summed E-state index contributed by atoms with van der Waals surface area (Å²) in [6, 6.07) is 15.5. The predicted molar refractivity (Wildman–Crippen MR) is 116 cm³/mol. The van der Waals surface area contributed by atoms with Crippen molar-refractivity contribution >= 4 is 48.9 Å². The molecule has 0 aliphatic carbocycles. The van der Waals surface area contributed by atoms with Crippen molar-refractivity contribution < 1.29 is 5.11 Å². The molecule has 0 saturated carbocycles. The summed E-state index contributed by atoms with van der Waals surface area (Å²) >= 11 is 0. The fourth-order valence-corrected chi connectivity index (χ4v) is 2.84. The van der Waals surface area contributed by atoms with E-state index in [0.29, 0.717) is 18.2 Å². The van der Waals surface area contributed by atoms with Gasteiger partial charge in [0, 0.05) is 6.54 Å². The van der Waals surface area contributed by atoms with Gasteiger partial charge < -0.3 is 21.1 Å². The van der Waals surface area contributed by atoms with Crippen LogP contribution in [0.15, 0.2) is 58.5 Å². The summed E-state index contributed by atoms with van der Waals surface area (Å²) in [5.74, 6) is 0.382. The van der Waals surface area contributed by atoms with Crippen molar-refractivity contribution in [2.75, 3.05) is 11.9 Å². The largest absolute Gasteiger partial charge is 0.492 e. The SMILES string of the molecule is Cl.Cl.NC[C@H](Nc1nc(O)c(C=c2ccc3c(c2)N=CN=3)[nH]1)c1ccccc1. The van der Waals surface area contributed by atoms with Crippen molar-refractivity contribution in [2.24, 2.45) is 15.7 Å². The van der Waals surface area contributed by atoms with Gasteiger partial charge >= 0.3 is 0 Å². The van der Waals surface area contributed by atoms with Gasteiger partial charge in [0.15, 0.2) is 0 Å². The van der Waals surface area contributed by atoms with E-state index in [0.717, 1.165) is 21.8 Å². The van der Waals surface area contributed by atoms with Gasteiger partial charge in [-0.05, 0) is 29.0 Å². The number of imidazole rings is 1. The van der Waals surface area contributed by atoms with E-state index < -0.39 is 0 Å². The maximum Gasteiger partial charge on any atom is 0.238 e. The first-order chi connectivity index (χ1) is 12.7. The lowest BCUT2D eigenvalue weighted by atomic mass is 10.1. The van der Waals surface area contributed by atoms with Crippen LogP contribution < -0.4 is 21.6 Å². The van der Waals surface area contributed by atoms with Crippen LogP contribution in [-0.4, -0.2) is 28.0 Å². The van der Waals surface area contributed by atoms with Crippen molar-refractivity contribution in [3.05, 3.63) is 70.4 Å².